The highest BCUT2D eigenvalue weighted by atomic mass is 19.1. The largest absolute Gasteiger partial charge is 0.508 e. The summed E-state index contributed by atoms with van der Waals surface area (Å²) in [5.74, 6) is -0.0235. The van der Waals surface area contributed by atoms with E-state index in [9.17, 15) is 19.4 Å². The Balaban J connectivity index is 1.56. The summed E-state index contributed by atoms with van der Waals surface area (Å²) in [6, 6.07) is 4.43. The zero-order valence-corrected chi connectivity index (χ0v) is 13.3. The number of piperidine rings is 1. The summed E-state index contributed by atoms with van der Waals surface area (Å²) >= 11 is 0. The van der Waals surface area contributed by atoms with Gasteiger partial charge in [-0.2, -0.15) is 0 Å². The van der Waals surface area contributed by atoms with E-state index in [0.717, 1.165) is 18.4 Å². The normalized spacial score (nSPS) is 18.8. The van der Waals surface area contributed by atoms with Crippen LogP contribution in [0.3, 0.4) is 0 Å². The number of aromatic hydroxyl groups is 2. The van der Waals surface area contributed by atoms with Gasteiger partial charge in [-0.1, -0.05) is 6.07 Å². The second kappa shape index (κ2) is 6.95. The van der Waals surface area contributed by atoms with Crippen molar-refractivity contribution in [2.24, 2.45) is 0 Å². The zero-order chi connectivity index (χ0) is 17.1. The van der Waals surface area contributed by atoms with Crippen molar-refractivity contribution in [1.29, 1.82) is 0 Å². The molecular weight excluding hydrogens is 311 g/mol. The van der Waals surface area contributed by atoms with Gasteiger partial charge in [0.1, 0.15) is 17.3 Å². The average Bonchev–Trinajstić information content (AvgIpc) is 2.55. The standard InChI is InChI=1S/C18H21FN2O3/c19-13-2-1-3-14(10-13)20-18(24)21-8-6-12(7-9-21)16-5-4-15(22)11-17(16)23/h2,4-5,10-12,22-23H,1,3,6-9H2,(H,20,24). The molecule has 3 N–H and O–H groups in total. The van der Waals surface area contributed by atoms with E-state index in [4.69, 9.17) is 0 Å². The van der Waals surface area contributed by atoms with Crippen molar-refractivity contribution in [1.82, 2.24) is 10.2 Å². The molecule has 0 radical (unpaired) electrons. The molecule has 1 aromatic rings. The summed E-state index contributed by atoms with van der Waals surface area (Å²) in [6.07, 6.45) is 5.57. The molecule has 5 nitrogen and oxygen atoms in total. The van der Waals surface area contributed by atoms with Gasteiger partial charge in [-0.05, 0) is 55.4 Å². The van der Waals surface area contributed by atoms with Crippen molar-refractivity contribution < 1.29 is 19.4 Å². The van der Waals surface area contributed by atoms with E-state index in [1.807, 2.05) is 0 Å². The molecule has 0 bridgehead atoms. The van der Waals surface area contributed by atoms with E-state index in [1.54, 1.807) is 17.0 Å². The van der Waals surface area contributed by atoms with Crippen molar-refractivity contribution in [2.75, 3.05) is 13.1 Å². The number of urea groups is 1. The second-order valence-corrected chi connectivity index (χ2v) is 6.23. The van der Waals surface area contributed by atoms with Gasteiger partial charge in [-0.3, -0.25) is 0 Å². The third-order valence-corrected chi connectivity index (χ3v) is 4.57. The molecule has 1 aliphatic heterocycles. The molecule has 1 fully saturated rings. The van der Waals surface area contributed by atoms with Gasteiger partial charge < -0.3 is 20.4 Å². The molecule has 6 heteroatoms. The maximum Gasteiger partial charge on any atom is 0.321 e. The van der Waals surface area contributed by atoms with Crippen molar-refractivity contribution >= 4 is 6.03 Å². The highest BCUT2D eigenvalue weighted by molar-refractivity contribution is 5.76. The molecule has 2 amide bonds. The molecule has 1 saturated heterocycles. The van der Waals surface area contributed by atoms with Gasteiger partial charge in [0, 0.05) is 24.9 Å². The van der Waals surface area contributed by atoms with Crippen LogP contribution in [-0.2, 0) is 0 Å². The lowest BCUT2D eigenvalue weighted by Crippen LogP contribution is -2.43. The Kier molecular flexibility index (Phi) is 4.74. The molecule has 3 rings (SSSR count). The average molecular weight is 332 g/mol. The Morgan fingerprint density at radius 2 is 2.00 bits per heavy atom. The van der Waals surface area contributed by atoms with Crippen molar-refractivity contribution in [2.45, 2.75) is 31.6 Å². The molecule has 1 aromatic carbocycles. The molecule has 0 aromatic heterocycles. The quantitative estimate of drug-likeness (QED) is 0.776. The fourth-order valence-electron chi connectivity index (χ4n) is 3.25. The van der Waals surface area contributed by atoms with Crippen molar-refractivity contribution in [3.63, 3.8) is 0 Å². The number of phenols is 2. The van der Waals surface area contributed by atoms with Crippen LogP contribution < -0.4 is 5.32 Å². The first kappa shape index (κ1) is 16.4. The molecule has 128 valence electrons. The molecule has 0 spiro atoms. The zero-order valence-electron chi connectivity index (χ0n) is 13.3. The maximum atomic E-state index is 13.2. The smallest absolute Gasteiger partial charge is 0.321 e. The van der Waals surface area contributed by atoms with Gasteiger partial charge in [0.05, 0.1) is 0 Å². The number of carbonyl (C=O) groups excluding carboxylic acids is 1. The molecular formula is C18H21FN2O3. The number of nitrogens with one attached hydrogen (secondary N) is 1. The van der Waals surface area contributed by atoms with E-state index in [1.165, 1.54) is 18.2 Å². The fraction of sp³-hybridized carbons (Fsp3) is 0.389. The highest BCUT2D eigenvalue weighted by Crippen LogP contribution is 2.35. The number of hydrogen-bond acceptors (Lipinski definition) is 3. The van der Waals surface area contributed by atoms with Gasteiger partial charge in [0.15, 0.2) is 0 Å². The van der Waals surface area contributed by atoms with E-state index in [2.05, 4.69) is 5.32 Å². The Labute approximate surface area is 140 Å². The number of halogens is 1. The molecule has 0 saturated carbocycles. The predicted molar refractivity (Wildman–Crippen MR) is 88.4 cm³/mol. The van der Waals surface area contributed by atoms with Gasteiger partial charge in [-0.15, -0.1) is 0 Å². The third-order valence-electron chi connectivity index (χ3n) is 4.57. The lowest BCUT2D eigenvalue weighted by molar-refractivity contribution is 0.183. The van der Waals surface area contributed by atoms with E-state index < -0.39 is 0 Å². The predicted octanol–water partition coefficient (Wildman–Crippen LogP) is 3.52. The minimum absolute atomic E-state index is 0.0371. The third kappa shape index (κ3) is 3.69. The first-order valence-corrected chi connectivity index (χ1v) is 8.17. The number of carbonyl (C=O) groups is 1. The SMILES string of the molecule is O=C(NC1=CC(F)=CCC1)N1CCC(c2ccc(O)cc2O)CC1. The van der Waals surface area contributed by atoms with Crippen LogP contribution >= 0.6 is 0 Å². The van der Waals surface area contributed by atoms with Crippen LogP contribution in [0.25, 0.3) is 0 Å². The maximum absolute atomic E-state index is 13.2. The second-order valence-electron chi connectivity index (χ2n) is 6.23. The molecule has 1 heterocycles. The summed E-state index contributed by atoms with van der Waals surface area (Å²) in [5, 5.41) is 22.1. The van der Waals surface area contributed by atoms with E-state index in [-0.39, 0.29) is 29.3 Å². The number of nitrogens with zero attached hydrogens (tertiary/aromatic N) is 1. The first-order valence-electron chi connectivity index (χ1n) is 8.17. The fourth-order valence-corrected chi connectivity index (χ4v) is 3.25. The number of phenolic OH excluding ortho intramolecular Hbond substituents is 2. The minimum atomic E-state index is -0.307. The molecule has 1 aliphatic carbocycles. The summed E-state index contributed by atoms with van der Waals surface area (Å²) < 4.78 is 13.2. The van der Waals surface area contributed by atoms with Crippen LogP contribution in [-0.4, -0.2) is 34.2 Å². The lowest BCUT2D eigenvalue weighted by Gasteiger charge is -2.32. The summed E-state index contributed by atoms with van der Waals surface area (Å²) in [5.41, 5.74) is 1.41. The van der Waals surface area contributed by atoms with Gasteiger partial charge in [0.2, 0.25) is 0 Å². The van der Waals surface area contributed by atoms with Crippen molar-refractivity contribution in [3.05, 3.63) is 47.4 Å². The Morgan fingerprint density at radius 3 is 2.67 bits per heavy atom. The number of amides is 2. The van der Waals surface area contributed by atoms with Crippen LogP contribution in [0.1, 0.15) is 37.2 Å². The molecule has 0 atom stereocenters. The van der Waals surface area contributed by atoms with E-state index >= 15 is 0 Å². The Hall–Kier alpha value is -2.50. The van der Waals surface area contributed by atoms with Crippen LogP contribution in [0.2, 0.25) is 0 Å². The number of likely N-dealkylation sites (tertiary alicyclic amines) is 1. The van der Waals surface area contributed by atoms with E-state index in [0.29, 0.717) is 31.6 Å². The van der Waals surface area contributed by atoms with Crippen LogP contribution in [0, 0.1) is 0 Å². The van der Waals surface area contributed by atoms with Gasteiger partial charge in [0.25, 0.3) is 0 Å². The van der Waals surface area contributed by atoms with Crippen LogP contribution in [0.5, 0.6) is 11.5 Å². The number of hydrogen-bond donors (Lipinski definition) is 3. The lowest BCUT2D eigenvalue weighted by atomic mass is 9.89. The molecule has 24 heavy (non-hydrogen) atoms. The van der Waals surface area contributed by atoms with Crippen LogP contribution in [0.15, 0.2) is 41.9 Å². The number of rotatable bonds is 2. The molecule has 0 unspecified atom stereocenters. The summed E-state index contributed by atoms with van der Waals surface area (Å²) in [6.45, 7) is 1.14. The minimum Gasteiger partial charge on any atom is -0.508 e. The Bertz CT molecular complexity index is 692. The summed E-state index contributed by atoms with van der Waals surface area (Å²) in [4.78, 5) is 14.0. The number of allylic oxidation sites excluding steroid dienone is 4. The Morgan fingerprint density at radius 1 is 1.25 bits per heavy atom. The topological polar surface area (TPSA) is 72.8 Å². The van der Waals surface area contributed by atoms with Crippen LogP contribution in [0.4, 0.5) is 9.18 Å². The molecule has 2 aliphatic rings. The first-order chi connectivity index (χ1) is 11.5. The highest BCUT2D eigenvalue weighted by Gasteiger charge is 2.26. The monoisotopic (exact) mass is 332 g/mol. The summed E-state index contributed by atoms with van der Waals surface area (Å²) in [7, 11) is 0. The van der Waals surface area contributed by atoms with Gasteiger partial charge >= 0.3 is 6.03 Å². The van der Waals surface area contributed by atoms with Crippen molar-refractivity contribution in [3.8, 4) is 11.5 Å². The van der Waals surface area contributed by atoms with Gasteiger partial charge in [-0.25, -0.2) is 9.18 Å². The number of benzene rings is 1.